The molecular formula is C23H23N5O2. The Hall–Kier alpha value is -3.87. The number of oxazole rings is 1. The van der Waals surface area contributed by atoms with Gasteiger partial charge >= 0.3 is 0 Å². The molecular weight excluding hydrogens is 378 g/mol. The molecule has 0 spiro atoms. The number of aryl methyl sites for hydroxylation is 1. The maximum atomic E-state index is 12.6. The first-order valence-electron chi connectivity index (χ1n) is 9.62. The SMILES string of the molecule is Cc1oc(-c2ccc(NC(=O)c3cccc(N(C)C)c3)cc2)nc1Cn1cccn1. The summed E-state index contributed by atoms with van der Waals surface area (Å²) in [6, 6.07) is 16.8. The topological polar surface area (TPSA) is 76.2 Å². The van der Waals surface area contributed by atoms with E-state index in [2.05, 4.69) is 15.4 Å². The Bertz CT molecular complexity index is 1140. The van der Waals surface area contributed by atoms with Crippen LogP contribution in [0.2, 0.25) is 0 Å². The zero-order valence-electron chi connectivity index (χ0n) is 17.2. The minimum absolute atomic E-state index is 0.153. The molecule has 30 heavy (non-hydrogen) atoms. The molecule has 0 radical (unpaired) electrons. The lowest BCUT2D eigenvalue weighted by atomic mass is 10.1. The molecule has 0 aliphatic rings. The summed E-state index contributed by atoms with van der Waals surface area (Å²) in [5.74, 6) is 1.16. The minimum atomic E-state index is -0.153. The third kappa shape index (κ3) is 4.25. The molecule has 0 bridgehead atoms. The van der Waals surface area contributed by atoms with E-state index >= 15 is 0 Å². The Labute approximate surface area is 175 Å². The number of rotatable bonds is 6. The Morgan fingerprint density at radius 3 is 2.63 bits per heavy atom. The molecule has 1 amide bonds. The van der Waals surface area contributed by atoms with Crippen LogP contribution in [-0.4, -0.2) is 34.8 Å². The van der Waals surface area contributed by atoms with Crippen molar-refractivity contribution >= 4 is 17.3 Å². The van der Waals surface area contributed by atoms with Gasteiger partial charge in [0.15, 0.2) is 0 Å². The van der Waals surface area contributed by atoms with Gasteiger partial charge in [0.05, 0.1) is 6.54 Å². The molecule has 2 aromatic heterocycles. The molecule has 0 saturated heterocycles. The van der Waals surface area contributed by atoms with Crippen LogP contribution in [0.3, 0.4) is 0 Å². The average Bonchev–Trinajstić information content (AvgIpc) is 3.39. The number of hydrogen-bond acceptors (Lipinski definition) is 5. The van der Waals surface area contributed by atoms with Gasteiger partial charge in [-0.1, -0.05) is 6.07 Å². The van der Waals surface area contributed by atoms with E-state index in [-0.39, 0.29) is 5.91 Å². The van der Waals surface area contributed by atoms with Gasteiger partial charge in [-0.05, 0) is 55.5 Å². The first-order chi connectivity index (χ1) is 14.5. The van der Waals surface area contributed by atoms with E-state index < -0.39 is 0 Å². The number of amides is 1. The fourth-order valence-corrected chi connectivity index (χ4v) is 3.07. The fraction of sp³-hybridized carbons (Fsp3) is 0.174. The molecule has 4 rings (SSSR count). The maximum absolute atomic E-state index is 12.6. The van der Waals surface area contributed by atoms with Crippen LogP contribution in [0.25, 0.3) is 11.5 Å². The molecule has 0 unspecified atom stereocenters. The van der Waals surface area contributed by atoms with Crippen LogP contribution in [0, 0.1) is 6.92 Å². The standard InChI is InChI=1S/C23H23N5O2/c1-16-21(15-28-13-5-12-24-28)26-23(30-16)17-8-10-19(11-9-17)25-22(29)18-6-4-7-20(14-18)27(2)3/h4-14H,15H2,1-3H3,(H,25,29). The number of benzene rings is 2. The summed E-state index contributed by atoms with van der Waals surface area (Å²) < 4.78 is 7.64. The van der Waals surface area contributed by atoms with Crippen molar-refractivity contribution in [2.75, 3.05) is 24.3 Å². The van der Waals surface area contributed by atoms with Gasteiger partial charge in [-0.2, -0.15) is 5.10 Å². The van der Waals surface area contributed by atoms with Crippen LogP contribution in [-0.2, 0) is 6.54 Å². The third-order valence-electron chi connectivity index (χ3n) is 4.78. The zero-order valence-corrected chi connectivity index (χ0v) is 17.2. The van der Waals surface area contributed by atoms with E-state index in [0.29, 0.717) is 23.7 Å². The molecule has 0 atom stereocenters. The van der Waals surface area contributed by atoms with Crippen molar-refractivity contribution in [2.45, 2.75) is 13.5 Å². The number of anilines is 2. The van der Waals surface area contributed by atoms with Crippen molar-refractivity contribution in [3.05, 3.63) is 84.0 Å². The summed E-state index contributed by atoms with van der Waals surface area (Å²) in [6.07, 6.45) is 3.62. The van der Waals surface area contributed by atoms with Gasteiger partial charge in [0, 0.05) is 49.0 Å². The quantitative estimate of drug-likeness (QED) is 0.524. The molecule has 4 aromatic rings. The predicted molar refractivity (Wildman–Crippen MR) is 117 cm³/mol. The van der Waals surface area contributed by atoms with Gasteiger partial charge in [-0.15, -0.1) is 0 Å². The van der Waals surface area contributed by atoms with E-state index in [9.17, 15) is 4.79 Å². The molecule has 0 aliphatic heterocycles. The Morgan fingerprint density at radius 2 is 1.93 bits per heavy atom. The lowest BCUT2D eigenvalue weighted by Gasteiger charge is -2.13. The highest BCUT2D eigenvalue weighted by Crippen LogP contribution is 2.24. The Morgan fingerprint density at radius 1 is 1.13 bits per heavy atom. The number of nitrogens with zero attached hydrogens (tertiary/aromatic N) is 4. The number of carbonyl (C=O) groups excluding carboxylic acids is 1. The smallest absolute Gasteiger partial charge is 0.255 e. The van der Waals surface area contributed by atoms with Gasteiger partial charge in [-0.3, -0.25) is 9.48 Å². The summed E-state index contributed by atoms with van der Waals surface area (Å²) in [5.41, 5.74) is 3.98. The van der Waals surface area contributed by atoms with Gasteiger partial charge in [-0.25, -0.2) is 4.98 Å². The average molecular weight is 401 g/mol. The number of nitrogens with one attached hydrogen (secondary N) is 1. The molecule has 2 aromatic carbocycles. The Kier molecular flexibility index (Phi) is 5.34. The summed E-state index contributed by atoms with van der Waals surface area (Å²) in [4.78, 5) is 19.1. The normalized spacial score (nSPS) is 10.8. The lowest BCUT2D eigenvalue weighted by molar-refractivity contribution is 0.102. The highest BCUT2D eigenvalue weighted by atomic mass is 16.4. The monoisotopic (exact) mass is 401 g/mol. The van der Waals surface area contributed by atoms with Crippen molar-refractivity contribution in [2.24, 2.45) is 0 Å². The van der Waals surface area contributed by atoms with Crippen molar-refractivity contribution in [3.8, 4) is 11.5 Å². The highest BCUT2D eigenvalue weighted by Gasteiger charge is 2.13. The first kappa shape index (κ1) is 19.4. The van der Waals surface area contributed by atoms with Gasteiger partial charge < -0.3 is 14.6 Å². The van der Waals surface area contributed by atoms with Crippen LogP contribution in [0.1, 0.15) is 21.8 Å². The summed E-state index contributed by atoms with van der Waals surface area (Å²) in [5, 5.41) is 7.14. The number of carbonyl (C=O) groups is 1. The second-order valence-electron chi connectivity index (χ2n) is 7.20. The molecule has 152 valence electrons. The molecule has 2 heterocycles. The molecule has 7 nitrogen and oxygen atoms in total. The summed E-state index contributed by atoms with van der Waals surface area (Å²) in [6.45, 7) is 2.45. The van der Waals surface area contributed by atoms with Gasteiger partial charge in [0.25, 0.3) is 5.91 Å². The van der Waals surface area contributed by atoms with Gasteiger partial charge in [0.2, 0.25) is 5.89 Å². The van der Waals surface area contributed by atoms with Crippen LogP contribution in [0.15, 0.2) is 71.4 Å². The largest absolute Gasteiger partial charge is 0.441 e. The second kappa shape index (κ2) is 8.24. The highest BCUT2D eigenvalue weighted by molar-refractivity contribution is 6.04. The molecule has 0 aliphatic carbocycles. The van der Waals surface area contributed by atoms with E-state index in [1.54, 1.807) is 16.9 Å². The zero-order chi connectivity index (χ0) is 21.1. The summed E-state index contributed by atoms with van der Waals surface area (Å²) >= 11 is 0. The van der Waals surface area contributed by atoms with E-state index in [0.717, 1.165) is 22.7 Å². The number of aromatic nitrogens is 3. The fourth-order valence-electron chi connectivity index (χ4n) is 3.07. The molecule has 0 fully saturated rings. The van der Waals surface area contributed by atoms with Crippen molar-refractivity contribution in [1.29, 1.82) is 0 Å². The number of hydrogen-bond donors (Lipinski definition) is 1. The Balaban J connectivity index is 1.47. The van der Waals surface area contributed by atoms with E-state index in [1.165, 1.54) is 0 Å². The minimum Gasteiger partial charge on any atom is -0.441 e. The molecule has 7 heteroatoms. The van der Waals surface area contributed by atoms with Crippen LogP contribution in [0.5, 0.6) is 0 Å². The molecule has 0 saturated carbocycles. The second-order valence-corrected chi connectivity index (χ2v) is 7.20. The lowest BCUT2D eigenvalue weighted by Crippen LogP contribution is -2.14. The van der Waals surface area contributed by atoms with Gasteiger partial charge in [0.1, 0.15) is 11.5 Å². The summed E-state index contributed by atoms with van der Waals surface area (Å²) in [7, 11) is 3.89. The maximum Gasteiger partial charge on any atom is 0.255 e. The first-order valence-corrected chi connectivity index (χ1v) is 9.62. The van der Waals surface area contributed by atoms with Crippen LogP contribution in [0.4, 0.5) is 11.4 Å². The van der Waals surface area contributed by atoms with Crippen molar-refractivity contribution in [3.63, 3.8) is 0 Å². The van der Waals surface area contributed by atoms with E-state index in [1.807, 2.05) is 80.6 Å². The third-order valence-corrected chi connectivity index (χ3v) is 4.78. The van der Waals surface area contributed by atoms with E-state index in [4.69, 9.17) is 4.42 Å². The van der Waals surface area contributed by atoms with Crippen molar-refractivity contribution in [1.82, 2.24) is 14.8 Å². The molecule has 1 N–H and O–H groups in total. The van der Waals surface area contributed by atoms with Crippen LogP contribution < -0.4 is 10.2 Å². The van der Waals surface area contributed by atoms with Crippen molar-refractivity contribution < 1.29 is 9.21 Å². The predicted octanol–water partition coefficient (Wildman–Crippen LogP) is 4.21. The van der Waals surface area contributed by atoms with Crippen LogP contribution >= 0.6 is 0 Å².